The minimum Gasteiger partial charge on any atom is -0.497 e. The summed E-state index contributed by atoms with van der Waals surface area (Å²) in [6.45, 7) is 4.25. The number of hydrogen-bond donors (Lipinski definition) is 3. The van der Waals surface area contributed by atoms with Gasteiger partial charge in [0, 0.05) is 54.9 Å². The molecule has 2 aliphatic rings. The third-order valence-corrected chi connectivity index (χ3v) is 6.62. The Bertz CT molecular complexity index is 1290. The normalized spacial score (nSPS) is 15.1. The molecule has 0 atom stereocenters. The van der Waals surface area contributed by atoms with Gasteiger partial charge in [-0.1, -0.05) is 18.2 Å². The van der Waals surface area contributed by atoms with Crippen LogP contribution in [-0.4, -0.2) is 73.4 Å². The second kappa shape index (κ2) is 13.0. The molecule has 2 aromatic heterocycles. The van der Waals surface area contributed by atoms with Crippen LogP contribution in [0.25, 0.3) is 22.2 Å². The molecule has 1 saturated carbocycles. The first kappa shape index (κ1) is 27.1. The zero-order valence-corrected chi connectivity index (χ0v) is 22.4. The number of nitrogens with two attached hydrogens (primary N) is 1. The molecule has 38 heavy (non-hydrogen) atoms. The Labute approximate surface area is 224 Å². The van der Waals surface area contributed by atoms with Gasteiger partial charge in [-0.15, -0.1) is 0 Å². The average molecular weight is 516 g/mol. The fourth-order valence-corrected chi connectivity index (χ4v) is 4.20. The van der Waals surface area contributed by atoms with Gasteiger partial charge in [0.25, 0.3) is 0 Å². The number of likely N-dealkylation sites (N-methyl/N-ethyl adjacent to an activating group) is 1. The summed E-state index contributed by atoms with van der Waals surface area (Å²) in [6.07, 6.45) is 3.99. The molecule has 3 heterocycles. The van der Waals surface area contributed by atoms with Crippen LogP contribution < -0.4 is 20.7 Å². The summed E-state index contributed by atoms with van der Waals surface area (Å²) in [5.74, 6) is 2.23. The van der Waals surface area contributed by atoms with Gasteiger partial charge in [-0.3, -0.25) is 9.89 Å². The van der Waals surface area contributed by atoms with Crippen molar-refractivity contribution in [2.45, 2.75) is 12.8 Å². The van der Waals surface area contributed by atoms with Crippen molar-refractivity contribution in [3.05, 3.63) is 66.9 Å². The monoisotopic (exact) mass is 515 g/mol. The maximum atomic E-state index is 11.4. The molecule has 1 saturated heterocycles. The van der Waals surface area contributed by atoms with Crippen LogP contribution in [0.1, 0.15) is 12.8 Å². The molecular formula is C29H37N7O2. The number of rotatable bonds is 5. The third-order valence-electron chi connectivity index (χ3n) is 6.62. The maximum absolute atomic E-state index is 11.4. The summed E-state index contributed by atoms with van der Waals surface area (Å²) in [5, 5.41) is 11.5. The van der Waals surface area contributed by atoms with E-state index in [0.29, 0.717) is 0 Å². The first-order valence-corrected chi connectivity index (χ1v) is 13.0. The quantitative estimate of drug-likeness (QED) is 0.368. The van der Waals surface area contributed by atoms with Gasteiger partial charge >= 0.3 is 0 Å². The summed E-state index contributed by atoms with van der Waals surface area (Å²) in [4.78, 5) is 20.7. The van der Waals surface area contributed by atoms with E-state index in [9.17, 15) is 4.79 Å². The fourth-order valence-electron chi connectivity index (χ4n) is 4.20. The smallest absolute Gasteiger partial charge is 0.227 e. The van der Waals surface area contributed by atoms with Crippen LogP contribution in [0.5, 0.6) is 5.75 Å². The van der Waals surface area contributed by atoms with Crippen molar-refractivity contribution in [3.63, 3.8) is 0 Å². The topological polar surface area (TPSA) is 112 Å². The number of H-pyrrole nitrogens is 1. The Morgan fingerprint density at radius 1 is 1.00 bits per heavy atom. The molecule has 6 rings (SSSR count). The number of aromatic amines is 1. The maximum Gasteiger partial charge on any atom is 0.227 e. The van der Waals surface area contributed by atoms with E-state index in [1.807, 2.05) is 48.7 Å². The summed E-state index contributed by atoms with van der Waals surface area (Å²) in [6, 6.07) is 19.8. The van der Waals surface area contributed by atoms with Gasteiger partial charge < -0.3 is 25.6 Å². The van der Waals surface area contributed by atoms with Gasteiger partial charge in [0.05, 0.1) is 12.6 Å². The first-order valence-electron chi connectivity index (χ1n) is 13.0. The molecule has 1 aliphatic heterocycles. The number of methoxy groups -OCH3 is 1. The second-order valence-corrected chi connectivity index (χ2v) is 9.31. The van der Waals surface area contributed by atoms with Gasteiger partial charge in [-0.25, -0.2) is 4.98 Å². The third kappa shape index (κ3) is 6.87. The van der Waals surface area contributed by atoms with E-state index in [1.54, 1.807) is 7.11 Å². The number of carbonyl (C=O) groups excluding carboxylic acids is 1. The molecule has 9 nitrogen and oxygen atoms in total. The highest BCUT2D eigenvalue weighted by Crippen LogP contribution is 2.30. The zero-order chi connectivity index (χ0) is 26.9. The summed E-state index contributed by atoms with van der Waals surface area (Å²) in [5.41, 5.74) is 8.41. The van der Waals surface area contributed by atoms with Crippen molar-refractivity contribution in [3.8, 4) is 17.0 Å². The van der Waals surface area contributed by atoms with Gasteiger partial charge in [0.1, 0.15) is 17.3 Å². The first-order chi connectivity index (χ1) is 18.6. The lowest BCUT2D eigenvalue weighted by molar-refractivity contribution is -0.117. The number of pyridine rings is 1. The largest absolute Gasteiger partial charge is 0.497 e. The minimum absolute atomic E-state index is 0.134. The molecule has 9 heteroatoms. The average Bonchev–Trinajstić information content (AvgIpc) is 3.75. The molecule has 0 spiro atoms. The van der Waals surface area contributed by atoms with E-state index in [2.05, 4.69) is 61.3 Å². The van der Waals surface area contributed by atoms with E-state index in [-0.39, 0.29) is 11.8 Å². The Morgan fingerprint density at radius 3 is 2.34 bits per heavy atom. The molecule has 4 N–H and O–H groups in total. The summed E-state index contributed by atoms with van der Waals surface area (Å²) < 4.78 is 5.02. The van der Waals surface area contributed by atoms with Crippen molar-refractivity contribution in [2.24, 2.45) is 11.7 Å². The van der Waals surface area contributed by atoms with Crippen molar-refractivity contribution in [1.29, 1.82) is 0 Å². The lowest BCUT2D eigenvalue weighted by Crippen LogP contribution is -2.44. The molecule has 0 radical (unpaired) electrons. The zero-order valence-electron chi connectivity index (χ0n) is 22.4. The van der Waals surface area contributed by atoms with Crippen molar-refractivity contribution >= 4 is 28.3 Å². The van der Waals surface area contributed by atoms with Gasteiger partial charge in [0.15, 0.2) is 0 Å². The molecule has 2 fully saturated rings. The molecule has 0 unspecified atom stereocenters. The Kier molecular flexibility index (Phi) is 9.29. The highest BCUT2D eigenvalue weighted by atomic mass is 16.5. The van der Waals surface area contributed by atoms with Gasteiger partial charge in [-0.05, 0) is 69.4 Å². The number of carbonyl (C=O) groups is 1. The second-order valence-electron chi connectivity index (χ2n) is 9.31. The van der Waals surface area contributed by atoms with E-state index in [1.165, 1.54) is 7.05 Å². The van der Waals surface area contributed by atoms with Crippen LogP contribution >= 0.6 is 0 Å². The number of benzene rings is 2. The molecule has 1 aliphatic carbocycles. The van der Waals surface area contributed by atoms with Gasteiger partial charge in [-0.2, -0.15) is 5.10 Å². The van der Waals surface area contributed by atoms with Crippen LogP contribution in [0, 0.1) is 5.92 Å². The van der Waals surface area contributed by atoms with Crippen LogP contribution in [0.2, 0.25) is 0 Å². The lowest BCUT2D eigenvalue weighted by Gasteiger charge is -2.33. The number of fused-ring (bicyclic) bond motifs is 1. The number of nitrogens with one attached hydrogen (secondary N) is 2. The highest BCUT2D eigenvalue weighted by Gasteiger charge is 2.29. The standard InChI is InChI=1S/C17H19N5.C11H13NO2.CH5N/c1-21-8-10-22(11-9-21)16-7-6-13(12-18-16)17-14-4-2-3-5-15(14)19-20-17;1-14-10-6-4-9(5-7-10)12-11(13)8-2-3-8;1-2/h2-7,12H,8-11H2,1H3,(H,19,20);4-8H,2-3H2,1H3,(H,12,13);2H2,1H3. The number of ether oxygens (including phenoxy) is 1. The Balaban J connectivity index is 0.000000182. The predicted octanol–water partition coefficient (Wildman–Crippen LogP) is 4.00. The summed E-state index contributed by atoms with van der Waals surface area (Å²) in [7, 11) is 5.29. The van der Waals surface area contributed by atoms with Crippen LogP contribution in [0.4, 0.5) is 11.5 Å². The van der Waals surface area contributed by atoms with Crippen LogP contribution in [0.15, 0.2) is 66.9 Å². The molecule has 2 aromatic carbocycles. The number of aromatic nitrogens is 3. The molecule has 1 amide bonds. The number of anilines is 2. The highest BCUT2D eigenvalue weighted by molar-refractivity contribution is 5.94. The van der Waals surface area contributed by atoms with Gasteiger partial charge in [0.2, 0.25) is 5.91 Å². The molecule has 0 bridgehead atoms. The van der Waals surface area contributed by atoms with Crippen LogP contribution in [0.3, 0.4) is 0 Å². The number of nitrogens with zero attached hydrogens (tertiary/aromatic N) is 4. The molecular weight excluding hydrogens is 478 g/mol. The van der Waals surface area contributed by atoms with Crippen molar-refractivity contribution < 1.29 is 9.53 Å². The molecule has 4 aromatic rings. The SMILES string of the molecule is CN.CN1CCN(c2ccc(-c3n[nH]c4ccccc34)cn2)CC1.COc1ccc(NC(=O)C2CC2)cc1. The number of piperazine rings is 1. The minimum atomic E-state index is 0.134. The molecule has 200 valence electrons. The Hall–Kier alpha value is -3.95. The van der Waals surface area contributed by atoms with E-state index in [0.717, 1.165) is 78.4 Å². The number of para-hydroxylation sites is 1. The van der Waals surface area contributed by atoms with Crippen molar-refractivity contribution in [1.82, 2.24) is 20.1 Å². The summed E-state index contributed by atoms with van der Waals surface area (Å²) >= 11 is 0. The van der Waals surface area contributed by atoms with E-state index in [4.69, 9.17) is 4.74 Å². The number of amides is 1. The Morgan fingerprint density at radius 2 is 1.71 bits per heavy atom. The number of hydrogen-bond acceptors (Lipinski definition) is 7. The predicted molar refractivity (Wildman–Crippen MR) is 153 cm³/mol. The van der Waals surface area contributed by atoms with E-state index >= 15 is 0 Å². The van der Waals surface area contributed by atoms with Crippen molar-refractivity contribution in [2.75, 3.05) is 57.6 Å². The van der Waals surface area contributed by atoms with Crippen LogP contribution in [-0.2, 0) is 4.79 Å². The lowest BCUT2D eigenvalue weighted by atomic mass is 10.1. The fraction of sp³-hybridized carbons (Fsp3) is 0.345. The van der Waals surface area contributed by atoms with E-state index < -0.39 is 0 Å².